The van der Waals surface area contributed by atoms with E-state index in [1.165, 1.54) is 12.1 Å². The van der Waals surface area contributed by atoms with Gasteiger partial charge in [0.2, 0.25) is 5.43 Å². The number of amides is 1. The molecule has 1 amide bonds. The molecule has 0 unspecified atom stereocenters. The highest BCUT2D eigenvalue weighted by Gasteiger charge is 2.29. The summed E-state index contributed by atoms with van der Waals surface area (Å²) in [4.78, 5) is 26.2. The number of aliphatic hydroxyl groups excluding tert-OH is 1. The zero-order valence-corrected chi connectivity index (χ0v) is 22.6. The van der Waals surface area contributed by atoms with Gasteiger partial charge in [-0.1, -0.05) is 17.7 Å². The number of fused-ring (bicyclic) bond motifs is 1. The summed E-state index contributed by atoms with van der Waals surface area (Å²) in [6.45, 7) is 1.79. The van der Waals surface area contributed by atoms with E-state index in [9.17, 15) is 23.5 Å². The van der Waals surface area contributed by atoms with Gasteiger partial charge in [-0.25, -0.2) is 8.78 Å². The van der Waals surface area contributed by atoms with E-state index in [-0.39, 0.29) is 40.5 Å². The molecule has 0 spiro atoms. The highest BCUT2D eigenvalue weighted by Crippen LogP contribution is 2.38. The fraction of sp³-hybridized carbons (Fsp3) is 0.467. The van der Waals surface area contributed by atoms with Gasteiger partial charge in [-0.3, -0.25) is 9.59 Å². The molecule has 2 fully saturated rings. The van der Waals surface area contributed by atoms with Crippen LogP contribution in [-0.4, -0.2) is 34.3 Å². The van der Waals surface area contributed by atoms with Gasteiger partial charge in [0, 0.05) is 29.7 Å². The second-order valence-corrected chi connectivity index (χ2v) is 11.3. The summed E-state index contributed by atoms with van der Waals surface area (Å²) in [5, 5.41) is 13.4. The maximum Gasteiger partial charge on any atom is 0.256 e. The Kier molecular flexibility index (Phi) is 8.24. The maximum atomic E-state index is 14.2. The van der Waals surface area contributed by atoms with Crippen molar-refractivity contribution < 1.29 is 23.4 Å². The monoisotopic (exact) mass is 558 g/mol. The van der Waals surface area contributed by atoms with Gasteiger partial charge in [-0.05, 0) is 88.0 Å². The average Bonchev–Trinajstić information content (AvgIpc) is 3.76. The quantitative estimate of drug-likeness (QED) is 0.333. The predicted octanol–water partition coefficient (Wildman–Crippen LogP) is 6.09. The highest BCUT2D eigenvalue weighted by molar-refractivity contribution is 6.31. The number of rotatable bonds is 9. The number of pyridine rings is 1. The molecule has 1 heterocycles. The van der Waals surface area contributed by atoms with E-state index in [2.05, 4.69) is 5.32 Å². The van der Waals surface area contributed by atoms with E-state index in [1.54, 1.807) is 25.3 Å². The minimum atomic E-state index is -0.680. The number of halogens is 3. The van der Waals surface area contributed by atoms with Crippen LogP contribution < -0.4 is 15.5 Å². The molecule has 0 bridgehead atoms. The van der Waals surface area contributed by atoms with E-state index < -0.39 is 23.3 Å². The summed E-state index contributed by atoms with van der Waals surface area (Å²) >= 11 is 5.97. The number of ether oxygens (including phenoxy) is 1. The molecule has 2 aliphatic carbocycles. The third-order valence-electron chi connectivity index (χ3n) is 7.93. The largest absolute Gasteiger partial charge is 0.491 e. The molecule has 9 heteroatoms. The van der Waals surface area contributed by atoms with E-state index in [0.29, 0.717) is 29.2 Å². The van der Waals surface area contributed by atoms with Crippen molar-refractivity contribution in [1.82, 2.24) is 9.88 Å². The zero-order chi connectivity index (χ0) is 27.7. The van der Waals surface area contributed by atoms with Crippen molar-refractivity contribution in [3.8, 4) is 5.75 Å². The van der Waals surface area contributed by atoms with E-state index >= 15 is 0 Å². The molecule has 2 N–H and O–H groups in total. The first kappa shape index (κ1) is 27.6. The lowest BCUT2D eigenvalue weighted by Crippen LogP contribution is -2.40. The van der Waals surface area contributed by atoms with Crippen molar-refractivity contribution >= 4 is 28.4 Å². The number of aryl methyl sites for hydroxylation is 1. The number of aliphatic hydroxyl groups is 1. The van der Waals surface area contributed by atoms with Crippen LogP contribution in [0.4, 0.5) is 8.78 Å². The van der Waals surface area contributed by atoms with Crippen molar-refractivity contribution in [1.29, 1.82) is 0 Å². The molecule has 1 atom stereocenters. The van der Waals surface area contributed by atoms with E-state index in [0.717, 1.165) is 51.0 Å². The van der Waals surface area contributed by atoms with E-state index in [1.807, 2.05) is 4.57 Å². The van der Waals surface area contributed by atoms with Crippen LogP contribution in [0.15, 0.2) is 41.3 Å². The van der Waals surface area contributed by atoms with Crippen molar-refractivity contribution in [2.24, 2.45) is 5.92 Å². The molecule has 0 radical (unpaired) electrons. The Morgan fingerprint density at radius 2 is 1.87 bits per heavy atom. The molecule has 1 aromatic heterocycles. The Balaban J connectivity index is 1.13. The normalized spacial score (nSPS) is 20.1. The minimum Gasteiger partial charge on any atom is -0.491 e. The Bertz CT molecular complexity index is 1430. The number of carbonyl (C=O) groups excluding carboxylic acids is 1. The van der Waals surface area contributed by atoms with Crippen LogP contribution in [-0.2, 0) is 0 Å². The van der Waals surface area contributed by atoms with Gasteiger partial charge in [0.15, 0.2) is 0 Å². The summed E-state index contributed by atoms with van der Waals surface area (Å²) in [6, 6.07) is 7.37. The van der Waals surface area contributed by atoms with Gasteiger partial charge in [0.05, 0.1) is 16.6 Å². The van der Waals surface area contributed by atoms with Gasteiger partial charge in [0.1, 0.15) is 29.6 Å². The predicted molar refractivity (Wildman–Crippen MR) is 147 cm³/mol. The lowest BCUT2D eigenvalue weighted by Gasteiger charge is -2.29. The Morgan fingerprint density at radius 3 is 2.56 bits per heavy atom. The van der Waals surface area contributed by atoms with Gasteiger partial charge in [-0.2, -0.15) is 0 Å². The number of benzene rings is 2. The van der Waals surface area contributed by atoms with Gasteiger partial charge in [-0.15, -0.1) is 0 Å². The van der Waals surface area contributed by atoms with Crippen LogP contribution in [0.2, 0.25) is 5.02 Å². The molecular formula is C30H33ClF2N2O4. The van der Waals surface area contributed by atoms with Gasteiger partial charge in [0.25, 0.3) is 5.91 Å². The SMILES string of the molecule is Cc1ccc(OC[C@H](O)CCC2CCC(NC(=O)c3cn(C4CC4)c4cc(Cl)c(F)cc4c3=O)CC2)cc1F. The molecule has 6 nitrogen and oxygen atoms in total. The number of nitrogens with one attached hydrogen (secondary N) is 1. The molecule has 0 aliphatic heterocycles. The molecule has 208 valence electrons. The Labute approximate surface area is 230 Å². The molecule has 0 saturated heterocycles. The van der Waals surface area contributed by atoms with Crippen molar-refractivity contribution in [2.45, 2.75) is 76.5 Å². The second-order valence-electron chi connectivity index (χ2n) is 10.9. The summed E-state index contributed by atoms with van der Waals surface area (Å²) in [5.41, 5.74) is 0.621. The maximum absolute atomic E-state index is 14.2. The third-order valence-corrected chi connectivity index (χ3v) is 8.22. The highest BCUT2D eigenvalue weighted by atomic mass is 35.5. The number of carbonyl (C=O) groups is 1. The molecule has 2 saturated carbocycles. The Morgan fingerprint density at radius 1 is 1.13 bits per heavy atom. The van der Waals surface area contributed by atoms with Crippen LogP contribution in [0.3, 0.4) is 0 Å². The smallest absolute Gasteiger partial charge is 0.256 e. The second kappa shape index (κ2) is 11.6. The number of nitrogens with zero attached hydrogens (tertiary/aromatic N) is 1. The van der Waals surface area contributed by atoms with Crippen molar-refractivity contribution in [3.63, 3.8) is 0 Å². The third kappa shape index (κ3) is 6.44. The topological polar surface area (TPSA) is 80.6 Å². The molecule has 39 heavy (non-hydrogen) atoms. The van der Waals surface area contributed by atoms with Crippen LogP contribution >= 0.6 is 11.6 Å². The fourth-order valence-electron chi connectivity index (χ4n) is 5.39. The lowest BCUT2D eigenvalue weighted by molar-refractivity contribution is 0.0875. The molecule has 3 aromatic rings. The summed E-state index contributed by atoms with van der Waals surface area (Å²) < 4.78 is 35.2. The van der Waals surface area contributed by atoms with E-state index in [4.69, 9.17) is 16.3 Å². The van der Waals surface area contributed by atoms with Gasteiger partial charge >= 0.3 is 0 Å². The standard InChI is InChI=1S/C30H33ClF2N2O4/c1-17-2-11-22(12-26(17)32)39-16-21(36)10-5-18-3-6-19(7-4-18)34-30(38)24-15-35(20-8-9-20)28-14-25(31)27(33)13-23(28)29(24)37/h2,11-15,18-21,36H,3-10,16H2,1H3,(H,34,38)/t18?,19?,21-/m1/s1. The van der Waals surface area contributed by atoms with Crippen LogP contribution in [0.1, 0.15) is 73.3 Å². The Hall–Kier alpha value is -2.97. The number of hydrogen-bond donors (Lipinski definition) is 2. The minimum absolute atomic E-state index is 0.0230. The van der Waals surface area contributed by atoms with Gasteiger partial charge < -0.3 is 19.7 Å². The first-order valence-corrected chi connectivity index (χ1v) is 14.0. The summed E-state index contributed by atoms with van der Waals surface area (Å²) in [5.74, 6) is -0.628. The summed E-state index contributed by atoms with van der Waals surface area (Å²) in [6.07, 6.45) is 7.57. The molecule has 2 aromatic carbocycles. The molecule has 5 rings (SSSR count). The first-order chi connectivity index (χ1) is 18.7. The number of aromatic nitrogens is 1. The lowest BCUT2D eigenvalue weighted by atomic mass is 9.83. The van der Waals surface area contributed by atoms with Crippen LogP contribution in [0, 0.1) is 24.5 Å². The summed E-state index contributed by atoms with van der Waals surface area (Å²) in [7, 11) is 0. The first-order valence-electron chi connectivity index (χ1n) is 13.6. The fourth-order valence-corrected chi connectivity index (χ4v) is 5.54. The molecular weight excluding hydrogens is 526 g/mol. The van der Waals surface area contributed by atoms with Crippen LogP contribution in [0.25, 0.3) is 10.9 Å². The van der Waals surface area contributed by atoms with Crippen molar-refractivity contribution in [3.05, 3.63) is 74.5 Å². The number of hydrogen-bond acceptors (Lipinski definition) is 4. The van der Waals surface area contributed by atoms with Crippen molar-refractivity contribution in [2.75, 3.05) is 6.61 Å². The molecule has 2 aliphatic rings. The van der Waals surface area contributed by atoms with Crippen LogP contribution in [0.5, 0.6) is 5.75 Å². The average molecular weight is 559 g/mol. The zero-order valence-electron chi connectivity index (χ0n) is 21.9.